The summed E-state index contributed by atoms with van der Waals surface area (Å²) in [6, 6.07) is 6.65. The zero-order valence-electron chi connectivity index (χ0n) is 12.7. The fourth-order valence-electron chi connectivity index (χ4n) is 3.13. The normalized spacial score (nSPS) is 17.8. The predicted octanol–water partition coefficient (Wildman–Crippen LogP) is 3.33. The number of aryl methyl sites for hydroxylation is 1. The van der Waals surface area contributed by atoms with Gasteiger partial charge in [0.2, 0.25) is 0 Å². The Labute approximate surface area is 126 Å². The molecule has 1 fully saturated rings. The zero-order chi connectivity index (χ0) is 14.7. The summed E-state index contributed by atoms with van der Waals surface area (Å²) < 4.78 is 2.14. The van der Waals surface area contributed by atoms with Gasteiger partial charge in [-0.3, -0.25) is 9.67 Å². The van der Waals surface area contributed by atoms with Crippen molar-refractivity contribution in [2.45, 2.75) is 57.5 Å². The molecule has 3 rings (SSSR count). The van der Waals surface area contributed by atoms with Gasteiger partial charge in [-0.25, -0.2) is 0 Å². The Hall–Kier alpha value is -1.68. The first kappa shape index (κ1) is 14.3. The lowest BCUT2D eigenvalue weighted by atomic mass is 9.96. The minimum Gasteiger partial charge on any atom is -0.322 e. The number of nitrogens with two attached hydrogens (primary N) is 1. The Morgan fingerprint density at radius 3 is 2.86 bits per heavy atom. The van der Waals surface area contributed by atoms with Crippen molar-refractivity contribution in [2.24, 2.45) is 5.73 Å². The van der Waals surface area contributed by atoms with Crippen molar-refractivity contribution in [1.29, 1.82) is 0 Å². The Balaban J connectivity index is 1.66. The summed E-state index contributed by atoms with van der Waals surface area (Å²) in [6.07, 6.45) is 11.2. The monoisotopic (exact) mass is 284 g/mol. The topological polar surface area (TPSA) is 56.7 Å². The van der Waals surface area contributed by atoms with Gasteiger partial charge < -0.3 is 5.73 Å². The molecule has 1 unspecified atom stereocenters. The van der Waals surface area contributed by atoms with E-state index < -0.39 is 0 Å². The summed E-state index contributed by atoms with van der Waals surface area (Å²) in [5.41, 5.74) is 9.48. The molecule has 4 heteroatoms. The molecule has 0 saturated heterocycles. The first-order chi connectivity index (χ1) is 10.2. The second kappa shape index (κ2) is 6.39. The quantitative estimate of drug-likeness (QED) is 0.937. The van der Waals surface area contributed by atoms with Crippen LogP contribution in [0.5, 0.6) is 0 Å². The van der Waals surface area contributed by atoms with Gasteiger partial charge in [0.25, 0.3) is 0 Å². The second-order valence-electron chi connectivity index (χ2n) is 6.15. The average molecular weight is 284 g/mol. The minimum absolute atomic E-state index is 0.0837. The van der Waals surface area contributed by atoms with Crippen molar-refractivity contribution in [2.75, 3.05) is 0 Å². The maximum Gasteiger partial charge on any atom is 0.0644 e. The lowest BCUT2D eigenvalue weighted by Gasteiger charge is -2.21. The van der Waals surface area contributed by atoms with Gasteiger partial charge in [-0.15, -0.1) is 0 Å². The molecule has 2 N–H and O–H groups in total. The van der Waals surface area contributed by atoms with E-state index in [1.807, 2.05) is 12.3 Å². The van der Waals surface area contributed by atoms with E-state index in [0.717, 1.165) is 17.8 Å². The smallest absolute Gasteiger partial charge is 0.0644 e. The highest BCUT2D eigenvalue weighted by Gasteiger charge is 2.17. The molecule has 2 aromatic heterocycles. The van der Waals surface area contributed by atoms with Crippen LogP contribution in [0.25, 0.3) is 0 Å². The fourth-order valence-corrected chi connectivity index (χ4v) is 3.13. The third-order valence-electron chi connectivity index (χ3n) is 4.36. The molecule has 21 heavy (non-hydrogen) atoms. The number of pyridine rings is 1. The van der Waals surface area contributed by atoms with E-state index in [2.05, 4.69) is 34.9 Å². The molecule has 0 amide bonds. The van der Waals surface area contributed by atoms with Gasteiger partial charge in [0.05, 0.1) is 23.5 Å². The number of rotatable bonds is 4. The molecule has 2 heterocycles. The van der Waals surface area contributed by atoms with Crippen LogP contribution in [0.2, 0.25) is 0 Å². The van der Waals surface area contributed by atoms with Crippen molar-refractivity contribution >= 4 is 0 Å². The van der Waals surface area contributed by atoms with E-state index in [9.17, 15) is 0 Å². The molecule has 4 nitrogen and oxygen atoms in total. The molecule has 1 atom stereocenters. The molecule has 1 aliphatic rings. The lowest BCUT2D eigenvalue weighted by molar-refractivity contribution is 0.328. The SMILES string of the molecule is Cc1ccnc(C(N)Cc2ccn(C3CCCCC3)n2)c1. The summed E-state index contributed by atoms with van der Waals surface area (Å²) in [6.45, 7) is 2.07. The number of nitrogens with zero attached hydrogens (tertiary/aromatic N) is 3. The Kier molecular flexibility index (Phi) is 4.34. The summed E-state index contributed by atoms with van der Waals surface area (Å²) in [5, 5.41) is 4.73. The Bertz CT molecular complexity index is 584. The summed E-state index contributed by atoms with van der Waals surface area (Å²) in [7, 11) is 0. The molecule has 0 aromatic carbocycles. The van der Waals surface area contributed by atoms with Crippen molar-refractivity contribution in [1.82, 2.24) is 14.8 Å². The van der Waals surface area contributed by atoms with Crippen LogP contribution in [0.4, 0.5) is 0 Å². The van der Waals surface area contributed by atoms with Crippen LogP contribution < -0.4 is 5.73 Å². The molecule has 2 aromatic rings. The van der Waals surface area contributed by atoms with Gasteiger partial charge in [-0.2, -0.15) is 5.10 Å². The van der Waals surface area contributed by atoms with E-state index in [0.29, 0.717) is 6.04 Å². The summed E-state index contributed by atoms with van der Waals surface area (Å²) >= 11 is 0. The van der Waals surface area contributed by atoms with Crippen molar-refractivity contribution in [3.8, 4) is 0 Å². The number of hydrogen-bond acceptors (Lipinski definition) is 3. The van der Waals surface area contributed by atoms with Gasteiger partial charge in [0.15, 0.2) is 0 Å². The highest BCUT2D eigenvalue weighted by Crippen LogP contribution is 2.27. The van der Waals surface area contributed by atoms with E-state index in [4.69, 9.17) is 10.8 Å². The van der Waals surface area contributed by atoms with Crippen LogP contribution >= 0.6 is 0 Å². The van der Waals surface area contributed by atoms with Crippen LogP contribution in [-0.4, -0.2) is 14.8 Å². The number of aromatic nitrogens is 3. The minimum atomic E-state index is -0.0837. The molecule has 112 valence electrons. The van der Waals surface area contributed by atoms with Crippen LogP contribution in [0, 0.1) is 6.92 Å². The van der Waals surface area contributed by atoms with Crippen molar-refractivity contribution in [3.63, 3.8) is 0 Å². The lowest BCUT2D eigenvalue weighted by Crippen LogP contribution is -2.17. The van der Waals surface area contributed by atoms with E-state index in [-0.39, 0.29) is 6.04 Å². The molecular formula is C17H24N4. The third kappa shape index (κ3) is 3.50. The highest BCUT2D eigenvalue weighted by atomic mass is 15.3. The fraction of sp³-hybridized carbons (Fsp3) is 0.529. The van der Waals surface area contributed by atoms with Crippen LogP contribution in [-0.2, 0) is 6.42 Å². The maximum absolute atomic E-state index is 6.27. The Morgan fingerprint density at radius 2 is 2.10 bits per heavy atom. The average Bonchev–Trinajstić information content (AvgIpc) is 2.97. The predicted molar refractivity (Wildman–Crippen MR) is 84.0 cm³/mol. The zero-order valence-corrected chi connectivity index (χ0v) is 12.7. The maximum atomic E-state index is 6.27. The van der Waals surface area contributed by atoms with Gasteiger partial charge in [-0.1, -0.05) is 19.3 Å². The third-order valence-corrected chi connectivity index (χ3v) is 4.36. The first-order valence-corrected chi connectivity index (χ1v) is 7.94. The number of hydrogen-bond donors (Lipinski definition) is 1. The first-order valence-electron chi connectivity index (χ1n) is 7.94. The van der Waals surface area contributed by atoms with Crippen molar-refractivity contribution < 1.29 is 0 Å². The van der Waals surface area contributed by atoms with Gasteiger partial charge in [-0.05, 0) is 43.5 Å². The standard InChI is InChI=1S/C17H24N4/c1-13-7-9-19-17(11-13)16(18)12-14-8-10-21(20-14)15-5-3-2-4-6-15/h7-11,15-16H,2-6,12,18H2,1H3. The van der Waals surface area contributed by atoms with Crippen LogP contribution in [0.3, 0.4) is 0 Å². The summed E-state index contributed by atoms with van der Waals surface area (Å²) in [5.74, 6) is 0. The molecular weight excluding hydrogens is 260 g/mol. The van der Waals surface area contributed by atoms with E-state index in [1.54, 1.807) is 0 Å². The van der Waals surface area contributed by atoms with Crippen LogP contribution in [0.1, 0.15) is 61.1 Å². The summed E-state index contributed by atoms with van der Waals surface area (Å²) in [4.78, 5) is 4.37. The van der Waals surface area contributed by atoms with Gasteiger partial charge >= 0.3 is 0 Å². The Morgan fingerprint density at radius 1 is 1.29 bits per heavy atom. The highest BCUT2D eigenvalue weighted by molar-refractivity contribution is 5.18. The molecule has 0 radical (unpaired) electrons. The molecule has 1 saturated carbocycles. The van der Waals surface area contributed by atoms with Crippen molar-refractivity contribution in [3.05, 3.63) is 47.5 Å². The van der Waals surface area contributed by atoms with Crippen LogP contribution in [0.15, 0.2) is 30.6 Å². The molecule has 0 spiro atoms. The van der Waals surface area contributed by atoms with Gasteiger partial charge in [0, 0.05) is 18.8 Å². The second-order valence-corrected chi connectivity index (χ2v) is 6.15. The molecule has 1 aliphatic carbocycles. The largest absolute Gasteiger partial charge is 0.322 e. The van der Waals surface area contributed by atoms with Gasteiger partial charge in [0.1, 0.15) is 0 Å². The van der Waals surface area contributed by atoms with E-state index in [1.165, 1.54) is 37.7 Å². The van der Waals surface area contributed by atoms with E-state index >= 15 is 0 Å². The molecule has 0 bridgehead atoms. The molecule has 0 aliphatic heterocycles.